The Hall–Kier alpha value is -1.34. The minimum Gasteiger partial charge on any atom is -0.496 e. The predicted octanol–water partition coefficient (Wildman–Crippen LogP) is 4.12. The van der Waals surface area contributed by atoms with Crippen LogP contribution in [0, 0.1) is 3.57 Å². The maximum absolute atomic E-state index is 15.6. The molecule has 0 bridgehead atoms. The molecule has 1 atom stereocenters. The van der Waals surface area contributed by atoms with Crippen LogP contribution in [0.3, 0.4) is 0 Å². The van der Waals surface area contributed by atoms with Crippen LogP contribution in [0.25, 0.3) is 0 Å². The van der Waals surface area contributed by atoms with Crippen molar-refractivity contribution < 1.29 is 13.9 Å². The first kappa shape index (κ1) is 14.6. The van der Waals surface area contributed by atoms with Gasteiger partial charge in [0.1, 0.15) is 5.75 Å². The van der Waals surface area contributed by atoms with E-state index in [1.54, 1.807) is 30.3 Å². The van der Waals surface area contributed by atoms with Crippen molar-refractivity contribution in [1.82, 2.24) is 0 Å². The van der Waals surface area contributed by atoms with Crippen LogP contribution in [-0.2, 0) is 10.5 Å². The van der Waals surface area contributed by atoms with E-state index in [0.29, 0.717) is 10.7 Å². The molecular formula is C15H10ClFINO2. The van der Waals surface area contributed by atoms with Crippen molar-refractivity contribution in [2.45, 2.75) is 5.67 Å². The number of halogens is 3. The third kappa shape index (κ3) is 2.19. The molecule has 1 N–H and O–H groups in total. The van der Waals surface area contributed by atoms with Crippen molar-refractivity contribution in [1.29, 1.82) is 0 Å². The van der Waals surface area contributed by atoms with E-state index >= 15 is 4.39 Å². The number of hydrogen-bond acceptors (Lipinski definition) is 2. The largest absolute Gasteiger partial charge is 0.496 e. The van der Waals surface area contributed by atoms with E-state index in [2.05, 4.69) is 27.9 Å². The molecule has 1 unspecified atom stereocenters. The summed E-state index contributed by atoms with van der Waals surface area (Å²) >= 11 is 8.07. The van der Waals surface area contributed by atoms with Gasteiger partial charge in [0, 0.05) is 25.4 Å². The van der Waals surface area contributed by atoms with Gasteiger partial charge in [0.25, 0.3) is 5.91 Å². The first-order valence-corrected chi connectivity index (χ1v) is 7.57. The van der Waals surface area contributed by atoms with Gasteiger partial charge < -0.3 is 10.1 Å². The van der Waals surface area contributed by atoms with Crippen LogP contribution in [0.4, 0.5) is 10.1 Å². The SMILES string of the molecule is COc1ccc(Cl)cc1C1(F)C(=O)Nc2cc(I)ccc21. The van der Waals surface area contributed by atoms with E-state index in [-0.39, 0.29) is 16.9 Å². The third-order valence-electron chi connectivity index (χ3n) is 3.45. The molecule has 0 saturated heterocycles. The fourth-order valence-corrected chi connectivity index (χ4v) is 3.13. The van der Waals surface area contributed by atoms with Crippen LogP contribution in [-0.4, -0.2) is 13.0 Å². The highest BCUT2D eigenvalue weighted by molar-refractivity contribution is 14.1. The second kappa shape index (κ2) is 5.14. The standard InChI is InChI=1S/C15H10ClFINO2/c1-21-13-5-2-8(16)6-11(13)15(17)10-4-3-9(18)7-12(10)19-14(15)20/h2-7H,1H3,(H,19,20). The summed E-state index contributed by atoms with van der Waals surface area (Å²) in [6, 6.07) is 9.66. The van der Waals surface area contributed by atoms with Gasteiger partial charge in [-0.1, -0.05) is 17.7 Å². The van der Waals surface area contributed by atoms with Gasteiger partial charge in [0.05, 0.1) is 7.11 Å². The molecule has 0 spiro atoms. The molecule has 1 amide bonds. The molecule has 0 radical (unpaired) electrons. The number of alkyl halides is 1. The molecule has 0 aliphatic carbocycles. The topological polar surface area (TPSA) is 38.3 Å². The second-order valence-corrected chi connectivity index (χ2v) is 6.33. The van der Waals surface area contributed by atoms with Crippen LogP contribution < -0.4 is 10.1 Å². The number of hydrogen-bond donors (Lipinski definition) is 1. The lowest BCUT2D eigenvalue weighted by Gasteiger charge is -2.21. The van der Waals surface area contributed by atoms with Gasteiger partial charge in [-0.2, -0.15) is 0 Å². The molecule has 21 heavy (non-hydrogen) atoms. The molecule has 2 aromatic carbocycles. The van der Waals surface area contributed by atoms with Crippen molar-refractivity contribution in [3.63, 3.8) is 0 Å². The highest BCUT2D eigenvalue weighted by Crippen LogP contribution is 2.47. The fraction of sp³-hybridized carbons (Fsp3) is 0.133. The van der Waals surface area contributed by atoms with Gasteiger partial charge in [-0.15, -0.1) is 0 Å². The lowest BCUT2D eigenvalue weighted by atomic mass is 9.88. The van der Waals surface area contributed by atoms with E-state index in [9.17, 15) is 4.79 Å². The van der Waals surface area contributed by atoms with Gasteiger partial charge >= 0.3 is 0 Å². The zero-order valence-corrected chi connectivity index (χ0v) is 13.8. The predicted molar refractivity (Wildman–Crippen MR) is 87.7 cm³/mol. The summed E-state index contributed by atoms with van der Waals surface area (Å²) < 4.78 is 21.7. The minimum absolute atomic E-state index is 0.106. The number of benzene rings is 2. The lowest BCUT2D eigenvalue weighted by molar-refractivity contribution is -0.124. The van der Waals surface area contributed by atoms with Crippen molar-refractivity contribution in [3.05, 3.63) is 56.1 Å². The number of nitrogens with one attached hydrogen (secondary N) is 1. The quantitative estimate of drug-likeness (QED) is 0.747. The Labute approximate surface area is 139 Å². The van der Waals surface area contributed by atoms with Crippen LogP contribution >= 0.6 is 34.2 Å². The number of ether oxygens (including phenoxy) is 1. The van der Waals surface area contributed by atoms with Crippen molar-refractivity contribution >= 4 is 45.8 Å². The summed E-state index contributed by atoms with van der Waals surface area (Å²) in [6.45, 7) is 0. The number of amides is 1. The first-order valence-electron chi connectivity index (χ1n) is 6.11. The average molecular weight is 418 g/mol. The summed E-state index contributed by atoms with van der Waals surface area (Å²) in [7, 11) is 1.43. The van der Waals surface area contributed by atoms with Crippen molar-refractivity contribution in [3.8, 4) is 5.75 Å². The van der Waals surface area contributed by atoms with Crippen molar-refractivity contribution in [2.75, 3.05) is 12.4 Å². The van der Waals surface area contributed by atoms with E-state index in [1.165, 1.54) is 13.2 Å². The van der Waals surface area contributed by atoms with Gasteiger partial charge in [-0.3, -0.25) is 4.79 Å². The molecule has 0 aromatic heterocycles. The number of fused-ring (bicyclic) bond motifs is 1. The molecule has 3 nitrogen and oxygen atoms in total. The molecule has 1 aliphatic heterocycles. The van der Waals surface area contributed by atoms with Crippen LogP contribution in [0.15, 0.2) is 36.4 Å². The first-order chi connectivity index (χ1) is 9.96. The van der Waals surface area contributed by atoms with Gasteiger partial charge in [0.15, 0.2) is 0 Å². The third-order valence-corrected chi connectivity index (χ3v) is 4.35. The number of carbonyl (C=O) groups is 1. The molecule has 1 aliphatic rings. The molecule has 1 heterocycles. The molecule has 2 aromatic rings. The maximum atomic E-state index is 15.6. The summed E-state index contributed by atoms with van der Waals surface area (Å²) in [5.41, 5.74) is -1.46. The monoisotopic (exact) mass is 417 g/mol. The lowest BCUT2D eigenvalue weighted by Crippen LogP contribution is -2.31. The molecular weight excluding hydrogens is 408 g/mol. The zero-order valence-electron chi connectivity index (χ0n) is 10.9. The second-order valence-electron chi connectivity index (χ2n) is 4.65. The maximum Gasteiger partial charge on any atom is 0.271 e. The Morgan fingerprint density at radius 3 is 2.71 bits per heavy atom. The van der Waals surface area contributed by atoms with Crippen LogP contribution in [0.1, 0.15) is 11.1 Å². The Kier molecular flexibility index (Phi) is 3.57. The highest BCUT2D eigenvalue weighted by Gasteiger charge is 2.50. The van der Waals surface area contributed by atoms with E-state index in [4.69, 9.17) is 16.3 Å². The summed E-state index contributed by atoms with van der Waals surface area (Å²) in [5, 5.41) is 2.92. The minimum atomic E-state index is -2.31. The Morgan fingerprint density at radius 2 is 2.00 bits per heavy atom. The Balaban J connectivity index is 2.27. The average Bonchev–Trinajstić information content (AvgIpc) is 2.70. The smallest absolute Gasteiger partial charge is 0.271 e. The zero-order chi connectivity index (χ0) is 15.2. The van der Waals surface area contributed by atoms with E-state index < -0.39 is 11.6 Å². The van der Waals surface area contributed by atoms with Crippen LogP contribution in [0.5, 0.6) is 5.75 Å². The molecule has 108 valence electrons. The van der Waals surface area contributed by atoms with E-state index in [1.807, 2.05) is 0 Å². The Bertz CT molecular complexity index is 752. The van der Waals surface area contributed by atoms with Gasteiger partial charge in [-0.05, 0) is 52.9 Å². The van der Waals surface area contributed by atoms with Crippen LogP contribution in [0.2, 0.25) is 5.02 Å². The number of methoxy groups -OCH3 is 1. The highest BCUT2D eigenvalue weighted by atomic mass is 127. The molecule has 0 saturated carbocycles. The number of carbonyl (C=O) groups excluding carboxylic acids is 1. The summed E-state index contributed by atoms with van der Waals surface area (Å²) in [4.78, 5) is 12.3. The summed E-state index contributed by atoms with van der Waals surface area (Å²) in [6.07, 6.45) is 0. The normalized spacial score (nSPS) is 20.1. The molecule has 0 fully saturated rings. The number of rotatable bonds is 2. The van der Waals surface area contributed by atoms with Gasteiger partial charge in [0.2, 0.25) is 5.67 Å². The fourth-order valence-electron chi connectivity index (χ4n) is 2.47. The molecule has 6 heteroatoms. The van der Waals surface area contributed by atoms with Gasteiger partial charge in [-0.25, -0.2) is 4.39 Å². The summed E-state index contributed by atoms with van der Waals surface area (Å²) in [5.74, 6) is -0.455. The molecule has 3 rings (SSSR count). The number of anilines is 1. The van der Waals surface area contributed by atoms with E-state index in [0.717, 1.165) is 3.57 Å². The van der Waals surface area contributed by atoms with Crippen molar-refractivity contribution in [2.24, 2.45) is 0 Å². The Morgan fingerprint density at radius 1 is 1.24 bits per heavy atom.